The van der Waals surface area contributed by atoms with Crippen LogP contribution in [0.2, 0.25) is 10.0 Å². The Morgan fingerprint density at radius 1 is 0.929 bits per heavy atom. The Morgan fingerprint density at radius 2 is 1.61 bits per heavy atom. The van der Waals surface area contributed by atoms with Crippen molar-refractivity contribution in [2.45, 2.75) is 5.16 Å². The number of nitrogens with one attached hydrogen (secondary N) is 1. The minimum absolute atomic E-state index is 0.178. The lowest BCUT2D eigenvalue weighted by Gasteiger charge is -2.10. The van der Waals surface area contributed by atoms with Crippen LogP contribution in [0.3, 0.4) is 0 Å². The van der Waals surface area contributed by atoms with Crippen LogP contribution in [-0.2, 0) is 4.79 Å². The standard InChI is InChI=1S/C21H15Cl2N3OS/c22-15-9-6-10-16(23)20(15)25-19(27)13-28-21-24-17-11-4-5-12-18(17)26(21)14-7-2-1-3-8-14/h1-12H,13H2,(H,25,27). The molecule has 0 bridgehead atoms. The largest absolute Gasteiger partial charge is 0.323 e. The first-order valence-corrected chi connectivity index (χ1v) is 10.3. The van der Waals surface area contributed by atoms with Gasteiger partial charge in [0.05, 0.1) is 32.5 Å². The number of thioether (sulfide) groups is 1. The highest BCUT2D eigenvalue weighted by atomic mass is 35.5. The number of hydrogen-bond donors (Lipinski definition) is 1. The number of hydrogen-bond acceptors (Lipinski definition) is 3. The predicted molar refractivity (Wildman–Crippen MR) is 117 cm³/mol. The molecule has 0 saturated heterocycles. The van der Waals surface area contributed by atoms with Crippen LogP contribution in [0.5, 0.6) is 0 Å². The maximum Gasteiger partial charge on any atom is 0.234 e. The molecule has 0 aliphatic rings. The van der Waals surface area contributed by atoms with Crippen molar-refractivity contribution >= 4 is 57.6 Å². The van der Waals surface area contributed by atoms with Gasteiger partial charge in [-0.25, -0.2) is 4.98 Å². The van der Waals surface area contributed by atoms with Crippen LogP contribution in [0.1, 0.15) is 0 Å². The van der Waals surface area contributed by atoms with Crippen molar-refractivity contribution in [2.75, 3.05) is 11.1 Å². The van der Waals surface area contributed by atoms with Gasteiger partial charge in [0.1, 0.15) is 0 Å². The molecule has 0 fully saturated rings. The van der Waals surface area contributed by atoms with Crippen LogP contribution in [0, 0.1) is 0 Å². The summed E-state index contributed by atoms with van der Waals surface area (Å²) in [6.45, 7) is 0. The molecule has 7 heteroatoms. The van der Waals surface area contributed by atoms with Crippen LogP contribution in [-0.4, -0.2) is 21.2 Å². The first-order chi connectivity index (χ1) is 13.6. The SMILES string of the molecule is O=C(CSc1nc2ccccc2n1-c1ccccc1)Nc1c(Cl)cccc1Cl. The molecule has 0 spiro atoms. The van der Waals surface area contributed by atoms with Crippen molar-refractivity contribution in [3.8, 4) is 5.69 Å². The molecule has 4 nitrogen and oxygen atoms in total. The van der Waals surface area contributed by atoms with Gasteiger partial charge in [0.15, 0.2) is 5.16 Å². The quantitative estimate of drug-likeness (QED) is 0.393. The van der Waals surface area contributed by atoms with Crippen molar-refractivity contribution in [3.63, 3.8) is 0 Å². The molecule has 4 aromatic rings. The second kappa shape index (κ2) is 8.27. The normalized spacial score (nSPS) is 10.9. The number of carbonyl (C=O) groups is 1. The number of amides is 1. The average molecular weight is 428 g/mol. The Morgan fingerprint density at radius 3 is 2.36 bits per heavy atom. The van der Waals surface area contributed by atoms with Crippen LogP contribution in [0.4, 0.5) is 5.69 Å². The molecule has 0 saturated carbocycles. The maximum atomic E-state index is 12.5. The zero-order valence-electron chi connectivity index (χ0n) is 14.6. The summed E-state index contributed by atoms with van der Waals surface area (Å²) in [6, 6.07) is 23.0. The number of para-hydroxylation sites is 4. The van der Waals surface area contributed by atoms with Crippen molar-refractivity contribution in [2.24, 2.45) is 0 Å². The van der Waals surface area contributed by atoms with Crippen molar-refractivity contribution in [3.05, 3.63) is 82.8 Å². The number of anilines is 1. The highest BCUT2D eigenvalue weighted by molar-refractivity contribution is 7.99. The fourth-order valence-electron chi connectivity index (χ4n) is 2.85. The highest BCUT2D eigenvalue weighted by Gasteiger charge is 2.15. The van der Waals surface area contributed by atoms with Crippen LogP contribution in [0.25, 0.3) is 16.7 Å². The lowest BCUT2D eigenvalue weighted by molar-refractivity contribution is -0.113. The van der Waals surface area contributed by atoms with Gasteiger partial charge in [0, 0.05) is 5.69 Å². The fourth-order valence-corrected chi connectivity index (χ4v) is 4.17. The molecule has 1 amide bonds. The molecule has 4 rings (SSSR count). The molecule has 0 radical (unpaired) electrons. The molecule has 28 heavy (non-hydrogen) atoms. The lowest BCUT2D eigenvalue weighted by Crippen LogP contribution is -2.15. The maximum absolute atomic E-state index is 12.5. The Labute approximate surface area is 176 Å². The summed E-state index contributed by atoms with van der Waals surface area (Å²) in [4.78, 5) is 17.2. The van der Waals surface area contributed by atoms with E-state index < -0.39 is 0 Å². The molecule has 0 unspecified atom stereocenters. The monoisotopic (exact) mass is 427 g/mol. The average Bonchev–Trinajstić information content (AvgIpc) is 3.08. The first kappa shape index (κ1) is 18.9. The number of fused-ring (bicyclic) bond motifs is 1. The zero-order valence-corrected chi connectivity index (χ0v) is 16.9. The third kappa shape index (κ3) is 3.87. The van der Waals surface area contributed by atoms with Gasteiger partial charge in [-0.15, -0.1) is 0 Å². The number of halogens is 2. The second-order valence-corrected chi connectivity index (χ2v) is 7.74. The van der Waals surface area contributed by atoms with E-state index >= 15 is 0 Å². The van der Waals surface area contributed by atoms with E-state index in [1.807, 2.05) is 54.6 Å². The summed E-state index contributed by atoms with van der Waals surface area (Å²) in [7, 11) is 0. The summed E-state index contributed by atoms with van der Waals surface area (Å²) < 4.78 is 2.05. The number of rotatable bonds is 5. The van der Waals surface area contributed by atoms with Crippen molar-refractivity contribution in [1.29, 1.82) is 0 Å². The van der Waals surface area contributed by atoms with Gasteiger partial charge in [0.2, 0.25) is 5.91 Å². The Hall–Kier alpha value is -2.47. The number of carbonyl (C=O) groups excluding carboxylic acids is 1. The summed E-state index contributed by atoms with van der Waals surface area (Å²) >= 11 is 13.6. The van der Waals surface area contributed by atoms with Gasteiger partial charge in [0.25, 0.3) is 0 Å². The Balaban J connectivity index is 1.59. The molecule has 0 aliphatic heterocycles. The molecule has 1 heterocycles. The highest BCUT2D eigenvalue weighted by Crippen LogP contribution is 2.31. The van der Waals surface area contributed by atoms with E-state index in [2.05, 4.69) is 9.88 Å². The molecule has 140 valence electrons. The summed E-state index contributed by atoms with van der Waals surface area (Å²) in [5, 5.41) is 4.33. The zero-order chi connectivity index (χ0) is 19.5. The number of nitrogens with zero attached hydrogens (tertiary/aromatic N) is 2. The van der Waals surface area contributed by atoms with E-state index in [-0.39, 0.29) is 11.7 Å². The molecule has 1 N–H and O–H groups in total. The smallest absolute Gasteiger partial charge is 0.234 e. The van der Waals surface area contributed by atoms with Crippen molar-refractivity contribution in [1.82, 2.24) is 9.55 Å². The van der Waals surface area contributed by atoms with E-state index in [9.17, 15) is 4.79 Å². The predicted octanol–water partition coefficient (Wildman–Crippen LogP) is 6.06. The minimum Gasteiger partial charge on any atom is -0.323 e. The number of aromatic nitrogens is 2. The van der Waals surface area contributed by atoms with E-state index in [1.54, 1.807) is 18.2 Å². The minimum atomic E-state index is -0.202. The molecule has 1 aromatic heterocycles. The van der Waals surface area contributed by atoms with Gasteiger partial charge in [-0.05, 0) is 36.4 Å². The molecular weight excluding hydrogens is 413 g/mol. The summed E-state index contributed by atoms with van der Waals surface area (Å²) in [5.41, 5.74) is 3.29. The second-order valence-electron chi connectivity index (χ2n) is 5.99. The van der Waals surface area contributed by atoms with E-state index in [0.717, 1.165) is 21.9 Å². The van der Waals surface area contributed by atoms with Crippen LogP contribution >= 0.6 is 35.0 Å². The van der Waals surface area contributed by atoms with Gasteiger partial charge in [-0.2, -0.15) is 0 Å². The summed E-state index contributed by atoms with van der Waals surface area (Å²) in [6.07, 6.45) is 0. The van der Waals surface area contributed by atoms with Gasteiger partial charge >= 0.3 is 0 Å². The Kier molecular flexibility index (Phi) is 5.57. The topological polar surface area (TPSA) is 46.9 Å². The molecular formula is C21H15Cl2N3OS. The third-order valence-electron chi connectivity index (χ3n) is 4.10. The molecule has 0 aliphatic carbocycles. The van der Waals surface area contributed by atoms with Gasteiger partial charge in [-0.3, -0.25) is 9.36 Å². The Bertz CT molecular complexity index is 1120. The fraction of sp³-hybridized carbons (Fsp3) is 0.0476. The van der Waals surface area contributed by atoms with E-state index in [0.29, 0.717) is 15.7 Å². The lowest BCUT2D eigenvalue weighted by atomic mass is 10.3. The molecule has 0 atom stereocenters. The molecule has 3 aromatic carbocycles. The van der Waals surface area contributed by atoms with E-state index in [1.165, 1.54) is 11.8 Å². The van der Waals surface area contributed by atoms with E-state index in [4.69, 9.17) is 28.2 Å². The van der Waals surface area contributed by atoms with Gasteiger partial charge in [-0.1, -0.05) is 71.4 Å². The van der Waals surface area contributed by atoms with Crippen LogP contribution < -0.4 is 5.32 Å². The summed E-state index contributed by atoms with van der Waals surface area (Å²) in [5.74, 6) is -0.0239. The van der Waals surface area contributed by atoms with Crippen LogP contribution in [0.15, 0.2) is 78.0 Å². The third-order valence-corrected chi connectivity index (χ3v) is 5.67. The number of imidazole rings is 1. The first-order valence-electron chi connectivity index (χ1n) is 8.53. The van der Waals surface area contributed by atoms with Crippen molar-refractivity contribution < 1.29 is 4.79 Å². The number of benzene rings is 3. The van der Waals surface area contributed by atoms with Gasteiger partial charge < -0.3 is 5.32 Å².